The van der Waals surface area contributed by atoms with E-state index in [4.69, 9.17) is 19.2 Å². The number of rotatable bonds is 14. The molecule has 1 atom stereocenters. The van der Waals surface area contributed by atoms with Gasteiger partial charge in [-0.25, -0.2) is 4.39 Å². The van der Waals surface area contributed by atoms with E-state index in [1.54, 1.807) is 0 Å². The first kappa shape index (κ1) is 29.0. The molecule has 1 saturated heterocycles. The van der Waals surface area contributed by atoms with Crippen molar-refractivity contribution in [2.45, 2.75) is 32.7 Å². The van der Waals surface area contributed by atoms with E-state index in [2.05, 4.69) is 22.5 Å². The van der Waals surface area contributed by atoms with E-state index in [1.165, 1.54) is 12.1 Å². The van der Waals surface area contributed by atoms with Crippen LogP contribution in [0, 0.1) is 5.82 Å². The minimum Gasteiger partial charge on any atom is -0.379 e. The normalized spacial score (nSPS) is 15.8. The van der Waals surface area contributed by atoms with Crippen molar-refractivity contribution < 1.29 is 18.6 Å². The number of benzene rings is 1. The zero-order valence-corrected chi connectivity index (χ0v) is 21.8. The van der Waals surface area contributed by atoms with Crippen molar-refractivity contribution in [1.82, 2.24) is 15.5 Å². The number of nitrogens with zero attached hydrogens (tertiary/aromatic N) is 2. The van der Waals surface area contributed by atoms with Crippen LogP contribution in [0.4, 0.5) is 4.39 Å². The van der Waals surface area contributed by atoms with E-state index in [1.807, 2.05) is 19.1 Å². The van der Waals surface area contributed by atoms with E-state index in [-0.39, 0.29) is 35.8 Å². The average molecular weight is 567 g/mol. The molecule has 0 aliphatic carbocycles. The summed E-state index contributed by atoms with van der Waals surface area (Å²) < 4.78 is 30.0. The largest absolute Gasteiger partial charge is 0.379 e. The molecule has 2 N–H and O–H groups in total. The molecule has 0 saturated carbocycles. The molecule has 0 spiro atoms. The fourth-order valence-corrected chi connectivity index (χ4v) is 3.34. The van der Waals surface area contributed by atoms with Gasteiger partial charge in [0.1, 0.15) is 5.82 Å². The third-order valence-electron chi connectivity index (χ3n) is 5.06. The molecule has 0 bridgehead atoms. The van der Waals surface area contributed by atoms with Gasteiger partial charge in [0.15, 0.2) is 5.96 Å². The number of guanidine groups is 1. The number of unbranched alkanes of at least 4 members (excludes halogenated alkanes) is 1. The van der Waals surface area contributed by atoms with Gasteiger partial charge in [0.2, 0.25) is 0 Å². The van der Waals surface area contributed by atoms with Crippen LogP contribution in [0.5, 0.6) is 0 Å². The van der Waals surface area contributed by atoms with Crippen LogP contribution < -0.4 is 10.6 Å². The van der Waals surface area contributed by atoms with Gasteiger partial charge in [-0.3, -0.25) is 9.89 Å². The highest BCUT2D eigenvalue weighted by atomic mass is 127. The highest BCUT2D eigenvalue weighted by molar-refractivity contribution is 14.0. The third kappa shape index (κ3) is 11.7. The second-order valence-electron chi connectivity index (χ2n) is 7.44. The molecule has 1 aromatic carbocycles. The number of nitrogens with one attached hydrogen (secondary N) is 2. The standard InChI is InChI=1S/C23H39FN4O3.HI/c1-3-5-13-29-17-18-30-14-10-26-23(25-4-2)27-19-22(28-11-15-31-16-12-28)20-6-8-21(24)9-7-20;/h6-9,22H,3-5,10-19H2,1-2H3,(H2,25,26,27);1H. The molecule has 1 aliphatic rings. The van der Waals surface area contributed by atoms with Crippen LogP contribution in [0.25, 0.3) is 0 Å². The van der Waals surface area contributed by atoms with Gasteiger partial charge in [0.05, 0.1) is 45.6 Å². The predicted molar refractivity (Wildman–Crippen MR) is 137 cm³/mol. The predicted octanol–water partition coefficient (Wildman–Crippen LogP) is 3.21. The lowest BCUT2D eigenvalue weighted by atomic mass is 10.0. The van der Waals surface area contributed by atoms with Crippen LogP contribution in [-0.4, -0.2) is 83.2 Å². The Morgan fingerprint density at radius 1 is 1.06 bits per heavy atom. The fourth-order valence-electron chi connectivity index (χ4n) is 3.34. The van der Waals surface area contributed by atoms with E-state index < -0.39 is 0 Å². The Morgan fingerprint density at radius 3 is 2.41 bits per heavy atom. The zero-order chi connectivity index (χ0) is 22.2. The van der Waals surface area contributed by atoms with Crippen LogP contribution in [0.3, 0.4) is 0 Å². The first-order valence-corrected chi connectivity index (χ1v) is 11.5. The van der Waals surface area contributed by atoms with E-state index in [0.717, 1.165) is 50.6 Å². The monoisotopic (exact) mass is 566 g/mol. The third-order valence-corrected chi connectivity index (χ3v) is 5.06. The molecular formula is C23H40FIN4O3. The number of halogens is 2. The molecule has 32 heavy (non-hydrogen) atoms. The van der Waals surface area contributed by atoms with Crippen molar-refractivity contribution >= 4 is 29.9 Å². The van der Waals surface area contributed by atoms with Gasteiger partial charge in [-0.1, -0.05) is 25.5 Å². The number of ether oxygens (including phenoxy) is 3. The topological polar surface area (TPSA) is 67.4 Å². The van der Waals surface area contributed by atoms with Crippen molar-refractivity contribution in [3.8, 4) is 0 Å². The van der Waals surface area contributed by atoms with Crippen molar-refractivity contribution in [3.63, 3.8) is 0 Å². The summed E-state index contributed by atoms with van der Waals surface area (Å²) >= 11 is 0. The van der Waals surface area contributed by atoms with Crippen molar-refractivity contribution in [2.75, 3.05) is 72.4 Å². The molecule has 0 radical (unpaired) electrons. The maximum Gasteiger partial charge on any atom is 0.191 e. The Kier molecular flexibility index (Phi) is 16.7. The summed E-state index contributed by atoms with van der Waals surface area (Å²) in [6.07, 6.45) is 2.23. The summed E-state index contributed by atoms with van der Waals surface area (Å²) in [6, 6.07) is 6.80. The maximum atomic E-state index is 13.4. The van der Waals surface area contributed by atoms with Gasteiger partial charge in [0, 0.05) is 32.8 Å². The van der Waals surface area contributed by atoms with Gasteiger partial charge in [0.25, 0.3) is 0 Å². The molecular weight excluding hydrogens is 526 g/mol. The lowest BCUT2D eigenvalue weighted by molar-refractivity contribution is 0.0179. The molecule has 2 rings (SSSR count). The summed E-state index contributed by atoms with van der Waals surface area (Å²) in [5.74, 6) is 0.532. The average Bonchev–Trinajstić information content (AvgIpc) is 2.80. The van der Waals surface area contributed by atoms with Gasteiger partial charge in [-0.2, -0.15) is 0 Å². The molecule has 1 unspecified atom stereocenters. The molecule has 1 aromatic rings. The van der Waals surface area contributed by atoms with E-state index >= 15 is 0 Å². The minimum absolute atomic E-state index is 0. The van der Waals surface area contributed by atoms with Crippen LogP contribution in [0.2, 0.25) is 0 Å². The SMILES string of the molecule is CCCCOCCOCCNC(=NCC(c1ccc(F)cc1)N1CCOCC1)NCC.I. The van der Waals surface area contributed by atoms with E-state index in [0.29, 0.717) is 46.1 Å². The summed E-state index contributed by atoms with van der Waals surface area (Å²) in [5, 5.41) is 6.60. The summed E-state index contributed by atoms with van der Waals surface area (Å²) in [5.41, 5.74) is 1.06. The fraction of sp³-hybridized carbons (Fsp3) is 0.696. The van der Waals surface area contributed by atoms with Gasteiger partial charge in [-0.15, -0.1) is 24.0 Å². The lowest BCUT2D eigenvalue weighted by Crippen LogP contribution is -2.42. The molecule has 0 amide bonds. The molecule has 9 heteroatoms. The Hall–Kier alpha value is -1.01. The van der Waals surface area contributed by atoms with Crippen molar-refractivity contribution in [1.29, 1.82) is 0 Å². The molecule has 1 aliphatic heterocycles. The summed E-state index contributed by atoms with van der Waals surface area (Å²) in [4.78, 5) is 7.15. The maximum absolute atomic E-state index is 13.4. The molecule has 1 fully saturated rings. The minimum atomic E-state index is -0.223. The Balaban J connectivity index is 0.00000512. The van der Waals surface area contributed by atoms with Crippen LogP contribution >= 0.6 is 24.0 Å². The second-order valence-corrected chi connectivity index (χ2v) is 7.44. The molecule has 184 valence electrons. The number of hydrogen-bond acceptors (Lipinski definition) is 5. The van der Waals surface area contributed by atoms with Gasteiger partial charge >= 0.3 is 0 Å². The Labute approximate surface area is 209 Å². The Morgan fingerprint density at radius 2 is 1.75 bits per heavy atom. The summed E-state index contributed by atoms with van der Waals surface area (Å²) in [7, 11) is 0. The number of aliphatic imine (C=N–C) groups is 1. The number of morpholine rings is 1. The van der Waals surface area contributed by atoms with Crippen LogP contribution in [-0.2, 0) is 14.2 Å². The first-order valence-electron chi connectivity index (χ1n) is 11.5. The van der Waals surface area contributed by atoms with Crippen molar-refractivity contribution in [3.05, 3.63) is 35.6 Å². The van der Waals surface area contributed by atoms with E-state index in [9.17, 15) is 4.39 Å². The van der Waals surface area contributed by atoms with Crippen molar-refractivity contribution in [2.24, 2.45) is 4.99 Å². The smallest absolute Gasteiger partial charge is 0.191 e. The van der Waals surface area contributed by atoms with Crippen LogP contribution in [0.1, 0.15) is 38.3 Å². The summed E-state index contributed by atoms with van der Waals surface area (Å²) in [6.45, 7) is 11.9. The first-order chi connectivity index (χ1) is 15.2. The zero-order valence-electron chi connectivity index (χ0n) is 19.5. The second kappa shape index (κ2) is 18.4. The highest BCUT2D eigenvalue weighted by Crippen LogP contribution is 2.22. The molecule has 7 nitrogen and oxygen atoms in total. The Bertz CT molecular complexity index is 616. The van der Waals surface area contributed by atoms with Gasteiger partial charge in [-0.05, 0) is 31.0 Å². The van der Waals surface area contributed by atoms with Crippen LogP contribution in [0.15, 0.2) is 29.3 Å². The highest BCUT2D eigenvalue weighted by Gasteiger charge is 2.22. The molecule has 0 aromatic heterocycles. The lowest BCUT2D eigenvalue weighted by Gasteiger charge is -2.34. The van der Waals surface area contributed by atoms with Gasteiger partial charge < -0.3 is 24.8 Å². The quantitative estimate of drug-likeness (QED) is 0.156. The molecule has 1 heterocycles. The number of hydrogen-bond donors (Lipinski definition) is 2.